The number of amidine groups is 1. The Bertz CT molecular complexity index is 457. The third kappa shape index (κ3) is 3.98. The molecule has 1 rings (SSSR count). The highest BCUT2D eigenvalue weighted by molar-refractivity contribution is 5.90. The van der Waals surface area contributed by atoms with Crippen molar-refractivity contribution in [2.45, 2.75) is 39.2 Å². The molecule has 1 unspecified atom stereocenters. The Balaban J connectivity index is 2.98. The summed E-state index contributed by atoms with van der Waals surface area (Å²) in [6.07, 6.45) is 0.711. The van der Waals surface area contributed by atoms with E-state index >= 15 is 0 Å². The van der Waals surface area contributed by atoms with E-state index in [0.29, 0.717) is 6.42 Å². The van der Waals surface area contributed by atoms with Crippen LogP contribution in [0.15, 0.2) is 35.5 Å². The lowest BCUT2D eigenvalue weighted by molar-refractivity contribution is -0.133. The molecule has 0 bridgehead atoms. The molecule has 3 N–H and O–H groups in total. The van der Waals surface area contributed by atoms with Gasteiger partial charge in [0.15, 0.2) is 5.84 Å². The second kappa shape index (κ2) is 7.53. The monoisotopic (exact) mass is 277 g/mol. The van der Waals surface area contributed by atoms with Gasteiger partial charge in [-0.1, -0.05) is 42.4 Å². The maximum atomic E-state index is 12.7. The van der Waals surface area contributed by atoms with Gasteiger partial charge in [0.1, 0.15) is 0 Å². The van der Waals surface area contributed by atoms with Crippen LogP contribution < -0.4 is 5.73 Å². The number of benzene rings is 1. The highest BCUT2D eigenvalue weighted by Crippen LogP contribution is 2.22. The van der Waals surface area contributed by atoms with E-state index in [-0.39, 0.29) is 30.2 Å². The van der Waals surface area contributed by atoms with E-state index in [1.54, 1.807) is 4.90 Å². The third-order valence-electron chi connectivity index (χ3n) is 3.28. The van der Waals surface area contributed by atoms with Crippen LogP contribution in [-0.2, 0) is 4.79 Å². The Morgan fingerprint density at radius 3 is 2.40 bits per heavy atom. The van der Waals surface area contributed by atoms with Crippen molar-refractivity contribution in [1.82, 2.24) is 4.90 Å². The fourth-order valence-corrected chi connectivity index (χ4v) is 2.16. The molecule has 0 aliphatic heterocycles. The minimum atomic E-state index is -0.204. The number of hydrogen-bond donors (Lipinski definition) is 2. The van der Waals surface area contributed by atoms with Crippen LogP contribution in [0.3, 0.4) is 0 Å². The molecule has 5 nitrogen and oxygen atoms in total. The Labute approximate surface area is 120 Å². The molecule has 0 fully saturated rings. The molecule has 110 valence electrons. The van der Waals surface area contributed by atoms with Crippen LogP contribution >= 0.6 is 0 Å². The molecule has 0 heterocycles. The van der Waals surface area contributed by atoms with E-state index in [1.807, 2.05) is 51.1 Å². The minimum Gasteiger partial charge on any atom is -0.409 e. The van der Waals surface area contributed by atoms with Gasteiger partial charge in [-0.15, -0.1) is 0 Å². The van der Waals surface area contributed by atoms with Crippen molar-refractivity contribution in [2.24, 2.45) is 10.9 Å². The van der Waals surface area contributed by atoms with Crippen LogP contribution in [0.2, 0.25) is 0 Å². The van der Waals surface area contributed by atoms with Crippen LogP contribution in [-0.4, -0.2) is 34.4 Å². The van der Waals surface area contributed by atoms with E-state index in [0.717, 1.165) is 5.56 Å². The fourth-order valence-electron chi connectivity index (χ4n) is 2.16. The summed E-state index contributed by atoms with van der Waals surface area (Å²) in [6.45, 7) is 5.95. The zero-order valence-corrected chi connectivity index (χ0v) is 12.3. The molecular formula is C15H23N3O2. The van der Waals surface area contributed by atoms with E-state index < -0.39 is 0 Å². The number of carbonyl (C=O) groups excluding carboxylic acids is 1. The lowest BCUT2D eigenvalue weighted by Gasteiger charge is -2.30. The molecule has 1 aromatic carbocycles. The Morgan fingerprint density at radius 2 is 1.95 bits per heavy atom. The molecule has 0 aromatic heterocycles. The zero-order chi connectivity index (χ0) is 15.1. The SMILES string of the molecule is CCC(C(=O)N(CC(N)=NO)C(C)C)c1ccccc1. The van der Waals surface area contributed by atoms with Gasteiger partial charge < -0.3 is 15.8 Å². The van der Waals surface area contributed by atoms with Gasteiger partial charge in [0.2, 0.25) is 5.91 Å². The van der Waals surface area contributed by atoms with Crippen LogP contribution in [0.25, 0.3) is 0 Å². The van der Waals surface area contributed by atoms with Crippen molar-refractivity contribution in [2.75, 3.05) is 6.54 Å². The number of hydrogen-bond acceptors (Lipinski definition) is 3. The van der Waals surface area contributed by atoms with E-state index in [9.17, 15) is 4.79 Å². The van der Waals surface area contributed by atoms with Crippen molar-refractivity contribution in [3.63, 3.8) is 0 Å². The number of amides is 1. The molecule has 1 aromatic rings. The first-order chi connectivity index (χ1) is 9.51. The Hall–Kier alpha value is -2.04. The molecular weight excluding hydrogens is 254 g/mol. The second-order valence-corrected chi connectivity index (χ2v) is 5.02. The highest BCUT2D eigenvalue weighted by Gasteiger charge is 2.26. The summed E-state index contributed by atoms with van der Waals surface area (Å²) in [5, 5.41) is 11.6. The molecule has 0 aliphatic carbocycles. The topological polar surface area (TPSA) is 78.9 Å². The third-order valence-corrected chi connectivity index (χ3v) is 3.28. The smallest absolute Gasteiger partial charge is 0.230 e. The van der Waals surface area contributed by atoms with Gasteiger partial charge in [-0.2, -0.15) is 0 Å². The predicted octanol–water partition coefficient (Wildman–Crippen LogP) is 2.16. The van der Waals surface area contributed by atoms with Gasteiger partial charge in [0.05, 0.1) is 12.5 Å². The summed E-state index contributed by atoms with van der Waals surface area (Å²) >= 11 is 0. The molecule has 0 aliphatic rings. The molecule has 0 radical (unpaired) electrons. The van der Waals surface area contributed by atoms with Gasteiger partial charge >= 0.3 is 0 Å². The predicted molar refractivity (Wildman–Crippen MR) is 79.7 cm³/mol. The number of carbonyl (C=O) groups is 1. The standard InChI is InChI=1S/C15H23N3O2/c1-4-13(12-8-6-5-7-9-12)15(19)18(11(2)3)10-14(16)17-20/h5-9,11,13,20H,4,10H2,1-3H3,(H2,16,17). The summed E-state index contributed by atoms with van der Waals surface area (Å²) in [4.78, 5) is 14.3. The quantitative estimate of drug-likeness (QED) is 0.362. The minimum absolute atomic E-state index is 0.000278. The number of nitrogens with zero attached hydrogens (tertiary/aromatic N) is 2. The van der Waals surface area contributed by atoms with E-state index in [4.69, 9.17) is 10.9 Å². The van der Waals surface area contributed by atoms with E-state index in [2.05, 4.69) is 5.16 Å². The summed E-state index contributed by atoms with van der Waals surface area (Å²) in [5.74, 6) is -0.166. The van der Waals surface area contributed by atoms with Crippen molar-refractivity contribution < 1.29 is 10.0 Å². The number of rotatable bonds is 6. The first-order valence-corrected chi connectivity index (χ1v) is 6.83. The van der Waals surface area contributed by atoms with Gasteiger partial charge in [0, 0.05) is 6.04 Å². The van der Waals surface area contributed by atoms with Gasteiger partial charge in [0.25, 0.3) is 0 Å². The van der Waals surface area contributed by atoms with Crippen molar-refractivity contribution >= 4 is 11.7 Å². The average Bonchev–Trinajstić information content (AvgIpc) is 2.45. The summed E-state index contributed by atoms with van der Waals surface area (Å²) in [6, 6.07) is 9.67. The van der Waals surface area contributed by atoms with Gasteiger partial charge in [-0.05, 0) is 25.8 Å². The second-order valence-electron chi connectivity index (χ2n) is 5.02. The fraction of sp³-hybridized carbons (Fsp3) is 0.467. The van der Waals surface area contributed by atoms with Crippen LogP contribution in [0.1, 0.15) is 38.7 Å². The number of nitrogens with two attached hydrogens (primary N) is 1. The summed E-state index contributed by atoms with van der Waals surface area (Å²) < 4.78 is 0. The van der Waals surface area contributed by atoms with Crippen LogP contribution in [0, 0.1) is 0 Å². The molecule has 20 heavy (non-hydrogen) atoms. The molecule has 5 heteroatoms. The first-order valence-electron chi connectivity index (χ1n) is 6.83. The van der Waals surface area contributed by atoms with Gasteiger partial charge in [-0.25, -0.2) is 0 Å². The zero-order valence-electron chi connectivity index (χ0n) is 12.3. The molecule has 0 saturated carbocycles. The maximum absolute atomic E-state index is 12.7. The normalized spacial score (nSPS) is 13.3. The molecule has 1 amide bonds. The first kappa shape index (κ1) is 16.0. The largest absolute Gasteiger partial charge is 0.409 e. The van der Waals surface area contributed by atoms with Gasteiger partial charge in [-0.3, -0.25) is 4.79 Å². The molecule has 0 saturated heterocycles. The van der Waals surface area contributed by atoms with Crippen LogP contribution in [0.5, 0.6) is 0 Å². The molecule has 0 spiro atoms. The summed E-state index contributed by atoms with van der Waals surface area (Å²) in [5.41, 5.74) is 6.53. The Morgan fingerprint density at radius 1 is 1.35 bits per heavy atom. The lowest BCUT2D eigenvalue weighted by Crippen LogP contribution is -2.45. The number of oxime groups is 1. The van der Waals surface area contributed by atoms with Crippen molar-refractivity contribution in [3.8, 4) is 0 Å². The van der Waals surface area contributed by atoms with E-state index in [1.165, 1.54) is 0 Å². The molecule has 1 atom stereocenters. The van der Waals surface area contributed by atoms with Crippen LogP contribution in [0.4, 0.5) is 0 Å². The van der Waals surface area contributed by atoms with Crippen molar-refractivity contribution in [1.29, 1.82) is 0 Å². The average molecular weight is 277 g/mol. The Kier molecular flexibility index (Phi) is 6.03. The highest BCUT2D eigenvalue weighted by atomic mass is 16.4. The van der Waals surface area contributed by atoms with Crippen molar-refractivity contribution in [3.05, 3.63) is 35.9 Å². The maximum Gasteiger partial charge on any atom is 0.230 e. The summed E-state index contributed by atoms with van der Waals surface area (Å²) in [7, 11) is 0. The lowest BCUT2D eigenvalue weighted by atomic mass is 9.94.